The van der Waals surface area contributed by atoms with Crippen LogP contribution in [0.15, 0.2) is 76.8 Å². The topological polar surface area (TPSA) is 71.3 Å². The number of hydrogen-bond donors (Lipinski definition) is 1. The second-order valence-corrected chi connectivity index (χ2v) is 7.35. The van der Waals surface area contributed by atoms with Crippen LogP contribution in [-0.4, -0.2) is 13.0 Å². The average molecular weight is 481 g/mol. The van der Waals surface area contributed by atoms with Crippen molar-refractivity contribution in [1.82, 2.24) is 0 Å². The van der Waals surface area contributed by atoms with E-state index in [-0.39, 0.29) is 11.3 Å². The van der Waals surface area contributed by atoms with Crippen LogP contribution < -0.4 is 14.8 Å². The summed E-state index contributed by atoms with van der Waals surface area (Å²) in [7, 11) is 1.51. The van der Waals surface area contributed by atoms with Crippen LogP contribution in [-0.2, 0) is 11.4 Å². The standard InChI is InChI=1S/C24H18BrFN2O3/c1-30-23-12-17(7-10-22(23)31-15-16-5-3-2-4-6-16)11-18(14-27)24(29)28-21-9-8-19(25)13-20(21)26/h2-13H,15H2,1H3,(H,28,29)/b18-11+. The molecule has 0 atom stereocenters. The molecule has 0 aromatic heterocycles. The van der Waals surface area contributed by atoms with E-state index >= 15 is 0 Å². The van der Waals surface area contributed by atoms with Gasteiger partial charge in [0, 0.05) is 4.47 Å². The van der Waals surface area contributed by atoms with Crippen LogP contribution in [0.5, 0.6) is 11.5 Å². The van der Waals surface area contributed by atoms with Crippen LogP contribution in [0, 0.1) is 17.1 Å². The zero-order chi connectivity index (χ0) is 22.2. The molecule has 0 saturated carbocycles. The van der Waals surface area contributed by atoms with E-state index in [1.54, 1.807) is 24.3 Å². The van der Waals surface area contributed by atoms with Crippen molar-refractivity contribution >= 4 is 33.6 Å². The maximum Gasteiger partial charge on any atom is 0.266 e. The molecule has 0 heterocycles. The molecule has 0 radical (unpaired) electrons. The third kappa shape index (κ3) is 5.93. The van der Waals surface area contributed by atoms with Gasteiger partial charge in [0.05, 0.1) is 12.8 Å². The van der Waals surface area contributed by atoms with Gasteiger partial charge in [-0.15, -0.1) is 0 Å². The highest BCUT2D eigenvalue weighted by Crippen LogP contribution is 2.30. The molecule has 0 aliphatic carbocycles. The normalized spacial score (nSPS) is 10.8. The molecule has 0 unspecified atom stereocenters. The Morgan fingerprint density at radius 1 is 1.13 bits per heavy atom. The average Bonchev–Trinajstić information content (AvgIpc) is 2.78. The monoisotopic (exact) mass is 480 g/mol. The van der Waals surface area contributed by atoms with Gasteiger partial charge in [0.1, 0.15) is 24.1 Å². The predicted octanol–water partition coefficient (Wildman–Crippen LogP) is 5.72. The number of carbonyl (C=O) groups is 1. The molecule has 0 saturated heterocycles. The number of nitrogens with zero attached hydrogens (tertiary/aromatic N) is 1. The number of nitrogens with one attached hydrogen (secondary N) is 1. The third-order valence-corrected chi connectivity index (χ3v) is 4.77. The van der Waals surface area contributed by atoms with Gasteiger partial charge in [-0.25, -0.2) is 4.39 Å². The number of hydrogen-bond acceptors (Lipinski definition) is 4. The molecule has 0 fully saturated rings. The molecule has 0 spiro atoms. The van der Waals surface area contributed by atoms with Crippen molar-refractivity contribution in [2.45, 2.75) is 6.61 Å². The highest BCUT2D eigenvalue weighted by molar-refractivity contribution is 9.10. The molecule has 1 amide bonds. The van der Waals surface area contributed by atoms with Crippen LogP contribution in [0.1, 0.15) is 11.1 Å². The second kappa shape index (κ2) is 10.4. The summed E-state index contributed by atoms with van der Waals surface area (Å²) >= 11 is 3.15. The largest absolute Gasteiger partial charge is 0.493 e. The highest BCUT2D eigenvalue weighted by atomic mass is 79.9. The van der Waals surface area contributed by atoms with Gasteiger partial charge in [-0.3, -0.25) is 4.79 Å². The van der Waals surface area contributed by atoms with Crippen LogP contribution >= 0.6 is 15.9 Å². The van der Waals surface area contributed by atoms with Crippen molar-refractivity contribution in [3.05, 3.63) is 93.7 Å². The van der Waals surface area contributed by atoms with Gasteiger partial charge in [0.25, 0.3) is 5.91 Å². The van der Waals surface area contributed by atoms with Gasteiger partial charge in [-0.2, -0.15) is 5.26 Å². The number of methoxy groups -OCH3 is 1. The molecule has 1 N–H and O–H groups in total. The molecule has 3 aromatic carbocycles. The fourth-order valence-corrected chi connectivity index (χ4v) is 3.06. The Balaban J connectivity index is 1.76. The summed E-state index contributed by atoms with van der Waals surface area (Å²) in [6.45, 7) is 0.372. The molecule has 0 aliphatic heterocycles. The first-order valence-corrected chi connectivity index (χ1v) is 10.0. The number of benzene rings is 3. The maximum absolute atomic E-state index is 14.0. The van der Waals surface area contributed by atoms with Crippen molar-refractivity contribution in [3.8, 4) is 17.6 Å². The maximum atomic E-state index is 14.0. The minimum absolute atomic E-state index is 0.0170. The summed E-state index contributed by atoms with van der Waals surface area (Å²) in [5, 5.41) is 11.8. The third-order valence-electron chi connectivity index (χ3n) is 4.28. The first-order valence-electron chi connectivity index (χ1n) is 9.23. The van der Waals surface area contributed by atoms with Crippen molar-refractivity contribution in [2.24, 2.45) is 0 Å². The SMILES string of the molecule is COc1cc(/C=C(\C#N)C(=O)Nc2ccc(Br)cc2F)ccc1OCc1ccccc1. The first-order chi connectivity index (χ1) is 15.0. The van der Waals surface area contributed by atoms with E-state index < -0.39 is 11.7 Å². The minimum Gasteiger partial charge on any atom is -0.493 e. The molecular weight excluding hydrogens is 463 g/mol. The van der Waals surface area contributed by atoms with Gasteiger partial charge in [0.15, 0.2) is 11.5 Å². The molecule has 0 aliphatic rings. The lowest BCUT2D eigenvalue weighted by Gasteiger charge is -2.11. The van der Waals surface area contributed by atoms with Gasteiger partial charge in [-0.1, -0.05) is 52.3 Å². The number of amides is 1. The summed E-state index contributed by atoms with van der Waals surface area (Å²) in [5.74, 6) is -0.335. The zero-order valence-electron chi connectivity index (χ0n) is 16.6. The van der Waals surface area contributed by atoms with Crippen molar-refractivity contribution in [3.63, 3.8) is 0 Å². The molecule has 7 heteroatoms. The van der Waals surface area contributed by atoms with Gasteiger partial charge < -0.3 is 14.8 Å². The van der Waals surface area contributed by atoms with Crippen molar-refractivity contribution < 1.29 is 18.7 Å². The fourth-order valence-electron chi connectivity index (χ4n) is 2.72. The second-order valence-electron chi connectivity index (χ2n) is 6.43. The van der Waals surface area contributed by atoms with Crippen LogP contribution in [0.3, 0.4) is 0 Å². The zero-order valence-corrected chi connectivity index (χ0v) is 18.1. The molecule has 5 nitrogen and oxygen atoms in total. The lowest BCUT2D eigenvalue weighted by atomic mass is 10.1. The summed E-state index contributed by atoms with van der Waals surface area (Å²) < 4.78 is 25.7. The Labute approximate surface area is 187 Å². The van der Waals surface area contributed by atoms with Crippen LogP contribution in [0.2, 0.25) is 0 Å². The van der Waals surface area contributed by atoms with Crippen LogP contribution in [0.4, 0.5) is 10.1 Å². The Kier molecular flexibility index (Phi) is 7.41. The van der Waals surface area contributed by atoms with E-state index in [0.717, 1.165) is 5.56 Å². The van der Waals surface area contributed by atoms with E-state index in [0.29, 0.717) is 28.1 Å². The van der Waals surface area contributed by atoms with Gasteiger partial charge >= 0.3 is 0 Å². The summed E-state index contributed by atoms with van der Waals surface area (Å²) in [6.07, 6.45) is 1.40. The summed E-state index contributed by atoms with van der Waals surface area (Å²) in [6, 6.07) is 20.8. The van der Waals surface area contributed by atoms with E-state index in [1.807, 2.05) is 36.4 Å². The number of halogens is 2. The number of carbonyl (C=O) groups excluding carboxylic acids is 1. The molecule has 31 heavy (non-hydrogen) atoms. The lowest BCUT2D eigenvalue weighted by Crippen LogP contribution is -2.14. The van der Waals surface area contributed by atoms with E-state index in [1.165, 1.54) is 25.3 Å². The smallest absolute Gasteiger partial charge is 0.266 e. The van der Waals surface area contributed by atoms with Crippen LogP contribution in [0.25, 0.3) is 6.08 Å². The minimum atomic E-state index is -0.716. The Morgan fingerprint density at radius 2 is 1.90 bits per heavy atom. The Hall–Kier alpha value is -3.63. The molecule has 156 valence electrons. The summed E-state index contributed by atoms with van der Waals surface area (Å²) in [5.41, 5.74) is 1.38. The predicted molar refractivity (Wildman–Crippen MR) is 120 cm³/mol. The number of anilines is 1. The molecule has 0 bridgehead atoms. The number of rotatable bonds is 7. The van der Waals surface area contributed by atoms with E-state index in [2.05, 4.69) is 21.2 Å². The molecule has 3 aromatic rings. The van der Waals surface area contributed by atoms with Gasteiger partial charge in [0.2, 0.25) is 0 Å². The Bertz CT molecular complexity index is 1160. The summed E-state index contributed by atoms with van der Waals surface area (Å²) in [4.78, 5) is 12.4. The number of ether oxygens (including phenoxy) is 2. The van der Waals surface area contributed by atoms with Gasteiger partial charge in [-0.05, 0) is 47.5 Å². The van der Waals surface area contributed by atoms with Crippen molar-refractivity contribution in [2.75, 3.05) is 12.4 Å². The molecular formula is C24H18BrFN2O3. The van der Waals surface area contributed by atoms with Crippen molar-refractivity contribution in [1.29, 1.82) is 5.26 Å². The first kappa shape index (κ1) is 22.1. The highest BCUT2D eigenvalue weighted by Gasteiger charge is 2.13. The van der Waals surface area contributed by atoms with E-state index in [4.69, 9.17) is 9.47 Å². The molecule has 3 rings (SSSR count). The number of nitriles is 1. The Morgan fingerprint density at radius 3 is 2.58 bits per heavy atom. The van der Waals surface area contributed by atoms with E-state index in [9.17, 15) is 14.4 Å². The fraction of sp³-hybridized carbons (Fsp3) is 0.0833. The lowest BCUT2D eigenvalue weighted by molar-refractivity contribution is -0.112. The quantitative estimate of drug-likeness (QED) is 0.346.